The van der Waals surface area contributed by atoms with Gasteiger partial charge in [-0.1, -0.05) is 42.5 Å². The highest BCUT2D eigenvalue weighted by molar-refractivity contribution is 5.85. The number of rotatable bonds is 7. The predicted octanol–water partition coefficient (Wildman–Crippen LogP) is 1.82. The molecule has 0 spiro atoms. The summed E-state index contributed by atoms with van der Waals surface area (Å²) >= 11 is 0. The first-order chi connectivity index (χ1) is 11.1. The molecule has 0 aliphatic heterocycles. The van der Waals surface area contributed by atoms with Crippen LogP contribution >= 0.6 is 0 Å². The molecule has 0 aliphatic carbocycles. The van der Waals surface area contributed by atoms with E-state index in [1.165, 1.54) is 7.11 Å². The van der Waals surface area contributed by atoms with Gasteiger partial charge in [-0.25, -0.2) is 4.79 Å². The van der Waals surface area contributed by atoms with Gasteiger partial charge in [-0.3, -0.25) is 0 Å². The summed E-state index contributed by atoms with van der Waals surface area (Å²) in [6, 6.07) is 15.5. The molecule has 23 heavy (non-hydrogen) atoms. The second-order valence-electron chi connectivity index (χ2n) is 5.09. The number of hydrogen-bond acceptors (Lipinski definition) is 5. The third kappa shape index (κ3) is 3.70. The molecule has 0 amide bonds. The van der Waals surface area contributed by atoms with Crippen molar-refractivity contribution in [1.29, 1.82) is 0 Å². The molecule has 1 unspecified atom stereocenters. The number of benzene rings is 2. The minimum atomic E-state index is -1.89. The van der Waals surface area contributed by atoms with E-state index in [2.05, 4.69) is 0 Å². The molecule has 1 atom stereocenters. The summed E-state index contributed by atoms with van der Waals surface area (Å²) < 4.78 is 10.4. The second-order valence-corrected chi connectivity index (χ2v) is 5.09. The van der Waals surface area contributed by atoms with Crippen LogP contribution in [0.3, 0.4) is 0 Å². The van der Waals surface area contributed by atoms with Gasteiger partial charge in [0.05, 0.1) is 13.7 Å². The Bertz CT molecular complexity index is 644. The monoisotopic (exact) mass is 315 g/mol. The van der Waals surface area contributed by atoms with Crippen molar-refractivity contribution in [3.8, 4) is 5.75 Å². The average Bonchev–Trinajstić information content (AvgIpc) is 2.61. The van der Waals surface area contributed by atoms with E-state index in [9.17, 15) is 9.90 Å². The third-order valence-electron chi connectivity index (χ3n) is 3.54. The van der Waals surface area contributed by atoms with Crippen molar-refractivity contribution in [3.63, 3.8) is 0 Å². The summed E-state index contributed by atoms with van der Waals surface area (Å²) in [5, 5.41) is 11.1. The molecule has 122 valence electrons. The molecule has 2 aromatic carbocycles. The van der Waals surface area contributed by atoms with E-state index < -0.39 is 11.6 Å². The highest BCUT2D eigenvalue weighted by atomic mass is 16.5. The van der Waals surface area contributed by atoms with E-state index in [0.717, 1.165) is 6.42 Å². The van der Waals surface area contributed by atoms with Crippen LogP contribution in [0.2, 0.25) is 0 Å². The van der Waals surface area contributed by atoms with E-state index in [1.807, 2.05) is 6.07 Å². The maximum absolute atomic E-state index is 12.3. The first-order valence-corrected chi connectivity index (χ1v) is 7.42. The summed E-state index contributed by atoms with van der Waals surface area (Å²) in [6.45, 7) is 1.01. The Labute approximate surface area is 135 Å². The standard InChI is InChI=1S/C18H21NO4/c1-22-17(20)18(21,14-7-3-2-4-8-14)15-9-5-10-16(13-15)23-12-6-11-19/h2-5,7-10,13,21H,6,11-12,19H2,1H3. The number of aliphatic hydroxyl groups is 1. The van der Waals surface area contributed by atoms with Crippen LogP contribution in [0.5, 0.6) is 5.75 Å². The van der Waals surface area contributed by atoms with Gasteiger partial charge in [-0.15, -0.1) is 0 Å². The highest BCUT2D eigenvalue weighted by Gasteiger charge is 2.41. The minimum Gasteiger partial charge on any atom is -0.494 e. The van der Waals surface area contributed by atoms with Gasteiger partial charge < -0.3 is 20.3 Å². The molecule has 3 N–H and O–H groups in total. The normalized spacial score (nSPS) is 13.2. The zero-order valence-electron chi connectivity index (χ0n) is 13.1. The van der Waals surface area contributed by atoms with E-state index in [4.69, 9.17) is 15.2 Å². The number of carbonyl (C=O) groups is 1. The van der Waals surface area contributed by atoms with Crippen LogP contribution in [-0.2, 0) is 15.1 Å². The van der Waals surface area contributed by atoms with Gasteiger partial charge in [0.25, 0.3) is 0 Å². The van der Waals surface area contributed by atoms with Gasteiger partial charge in [0, 0.05) is 5.56 Å². The Balaban J connectivity index is 2.41. The van der Waals surface area contributed by atoms with Gasteiger partial charge in [0.15, 0.2) is 0 Å². The lowest BCUT2D eigenvalue weighted by Gasteiger charge is -2.26. The van der Waals surface area contributed by atoms with Crippen LogP contribution < -0.4 is 10.5 Å². The number of carbonyl (C=O) groups excluding carboxylic acids is 1. The quantitative estimate of drug-likeness (QED) is 0.602. The predicted molar refractivity (Wildman–Crippen MR) is 87.1 cm³/mol. The molecule has 2 rings (SSSR count). The van der Waals surface area contributed by atoms with Gasteiger partial charge in [-0.05, 0) is 30.7 Å². The number of hydrogen-bond donors (Lipinski definition) is 2. The lowest BCUT2D eigenvalue weighted by molar-refractivity contribution is -0.158. The highest BCUT2D eigenvalue weighted by Crippen LogP contribution is 2.32. The zero-order chi connectivity index (χ0) is 16.7. The fraction of sp³-hybridized carbons (Fsp3) is 0.278. The van der Waals surface area contributed by atoms with Crippen LogP contribution in [0.25, 0.3) is 0 Å². The molecule has 0 saturated carbocycles. The largest absolute Gasteiger partial charge is 0.494 e. The second kappa shape index (κ2) is 7.76. The molecule has 0 bridgehead atoms. The summed E-state index contributed by atoms with van der Waals surface area (Å²) in [5.74, 6) is -0.183. The van der Waals surface area contributed by atoms with Crippen molar-refractivity contribution in [2.75, 3.05) is 20.3 Å². The Morgan fingerprint density at radius 3 is 2.48 bits per heavy atom. The lowest BCUT2D eigenvalue weighted by Crippen LogP contribution is -2.38. The number of nitrogens with two attached hydrogens (primary N) is 1. The Morgan fingerprint density at radius 2 is 1.83 bits per heavy atom. The Kier molecular flexibility index (Phi) is 5.73. The van der Waals surface area contributed by atoms with Gasteiger partial charge in [0.2, 0.25) is 5.60 Å². The molecule has 5 heteroatoms. The van der Waals surface area contributed by atoms with E-state index in [-0.39, 0.29) is 0 Å². The van der Waals surface area contributed by atoms with E-state index in [1.54, 1.807) is 48.5 Å². The Hall–Kier alpha value is -2.37. The molecule has 0 saturated heterocycles. The lowest BCUT2D eigenvalue weighted by atomic mass is 9.86. The van der Waals surface area contributed by atoms with E-state index >= 15 is 0 Å². The van der Waals surface area contributed by atoms with Crippen LogP contribution in [0.15, 0.2) is 54.6 Å². The molecule has 0 aromatic heterocycles. The third-order valence-corrected chi connectivity index (χ3v) is 3.54. The van der Waals surface area contributed by atoms with Crippen molar-refractivity contribution in [1.82, 2.24) is 0 Å². The van der Waals surface area contributed by atoms with Crippen molar-refractivity contribution < 1.29 is 19.4 Å². The molecule has 5 nitrogen and oxygen atoms in total. The zero-order valence-corrected chi connectivity index (χ0v) is 13.1. The minimum absolute atomic E-state index is 0.390. The maximum Gasteiger partial charge on any atom is 0.347 e. The molecule has 2 aromatic rings. The van der Waals surface area contributed by atoms with Crippen molar-refractivity contribution in [2.24, 2.45) is 5.73 Å². The van der Waals surface area contributed by atoms with E-state index in [0.29, 0.717) is 30.0 Å². The van der Waals surface area contributed by atoms with Crippen LogP contribution in [0.4, 0.5) is 0 Å². The van der Waals surface area contributed by atoms with Gasteiger partial charge in [0.1, 0.15) is 5.75 Å². The smallest absolute Gasteiger partial charge is 0.347 e. The summed E-state index contributed by atoms with van der Waals surface area (Å²) in [5.41, 5.74) is 4.38. The molecule has 0 heterocycles. The summed E-state index contributed by atoms with van der Waals surface area (Å²) in [7, 11) is 1.25. The van der Waals surface area contributed by atoms with Crippen molar-refractivity contribution >= 4 is 5.97 Å². The average molecular weight is 315 g/mol. The van der Waals surface area contributed by atoms with Crippen molar-refractivity contribution in [2.45, 2.75) is 12.0 Å². The number of esters is 1. The maximum atomic E-state index is 12.3. The number of ether oxygens (including phenoxy) is 2. The summed E-state index contributed by atoms with van der Waals surface area (Å²) in [6.07, 6.45) is 0.726. The molecular formula is C18H21NO4. The SMILES string of the molecule is COC(=O)C(O)(c1ccccc1)c1cccc(OCCCN)c1. The fourth-order valence-electron chi connectivity index (χ4n) is 2.31. The first kappa shape index (κ1) is 17.0. The van der Waals surface area contributed by atoms with Crippen molar-refractivity contribution in [3.05, 3.63) is 65.7 Å². The summed E-state index contributed by atoms with van der Waals surface area (Å²) in [4.78, 5) is 12.3. The molecule has 0 aliphatic rings. The molecule has 0 radical (unpaired) electrons. The number of methoxy groups -OCH3 is 1. The van der Waals surface area contributed by atoms with Crippen LogP contribution in [0, 0.1) is 0 Å². The molecule has 0 fully saturated rings. The topological polar surface area (TPSA) is 81.8 Å². The van der Waals surface area contributed by atoms with Crippen LogP contribution in [-0.4, -0.2) is 31.3 Å². The fourth-order valence-corrected chi connectivity index (χ4v) is 2.31. The van der Waals surface area contributed by atoms with Crippen LogP contribution in [0.1, 0.15) is 17.5 Å². The van der Waals surface area contributed by atoms with Gasteiger partial charge in [-0.2, -0.15) is 0 Å². The molecular weight excluding hydrogens is 294 g/mol. The first-order valence-electron chi connectivity index (χ1n) is 7.42. The van der Waals surface area contributed by atoms with Gasteiger partial charge >= 0.3 is 5.97 Å². The Morgan fingerprint density at radius 1 is 1.13 bits per heavy atom.